The molecule has 160 valence electrons. The normalized spacial score (nSPS) is 16.3. The van der Waals surface area contributed by atoms with Crippen molar-refractivity contribution >= 4 is 17.2 Å². The monoisotopic (exact) mass is 420 g/mol. The molecule has 0 bridgehead atoms. The standard InChI is InChI=1S/C21H24N8O2/c1-27-8-6-15(27)13-31-17-12-23-28(2)20(17)14-5-9-29-16(10-14)11-19(26-29)24-18-4-7-22-21(25-18)30-3/h4-5,7,9-12,15H,6,8,13H2,1-3H3,(H,22,24,25,26)/t15-/m1/s1. The molecule has 1 saturated heterocycles. The number of likely N-dealkylation sites (tertiary alicyclic amines) is 1. The van der Waals surface area contributed by atoms with Crippen LogP contribution in [0.1, 0.15) is 6.42 Å². The molecule has 0 amide bonds. The number of fused-ring (bicyclic) bond motifs is 1. The Morgan fingerprint density at radius 1 is 1.19 bits per heavy atom. The van der Waals surface area contributed by atoms with Gasteiger partial charge in [0.15, 0.2) is 11.6 Å². The van der Waals surface area contributed by atoms with Gasteiger partial charge in [0.25, 0.3) is 0 Å². The quantitative estimate of drug-likeness (QED) is 0.487. The highest BCUT2D eigenvalue weighted by atomic mass is 16.5. The molecule has 0 aliphatic carbocycles. The van der Waals surface area contributed by atoms with E-state index in [0.717, 1.165) is 29.1 Å². The van der Waals surface area contributed by atoms with Crippen molar-refractivity contribution in [2.45, 2.75) is 12.5 Å². The summed E-state index contributed by atoms with van der Waals surface area (Å²) in [5.41, 5.74) is 2.90. The lowest BCUT2D eigenvalue weighted by Crippen LogP contribution is -2.48. The summed E-state index contributed by atoms with van der Waals surface area (Å²) in [4.78, 5) is 10.6. The average molecular weight is 420 g/mol. The van der Waals surface area contributed by atoms with Gasteiger partial charge in [-0.3, -0.25) is 9.58 Å². The fourth-order valence-corrected chi connectivity index (χ4v) is 3.66. The average Bonchev–Trinajstić information content (AvgIpc) is 3.34. The number of likely N-dealkylation sites (N-methyl/N-ethyl adjacent to an activating group) is 1. The Bertz CT molecular complexity index is 1220. The fourth-order valence-electron chi connectivity index (χ4n) is 3.66. The Kier molecular flexibility index (Phi) is 4.91. The number of hydrogen-bond donors (Lipinski definition) is 1. The van der Waals surface area contributed by atoms with Crippen molar-refractivity contribution < 1.29 is 9.47 Å². The number of nitrogens with zero attached hydrogens (tertiary/aromatic N) is 7. The Morgan fingerprint density at radius 3 is 2.87 bits per heavy atom. The summed E-state index contributed by atoms with van der Waals surface area (Å²) in [5.74, 6) is 2.07. The Labute approximate surface area is 179 Å². The predicted molar refractivity (Wildman–Crippen MR) is 116 cm³/mol. The highest BCUT2D eigenvalue weighted by Gasteiger charge is 2.25. The maximum absolute atomic E-state index is 6.12. The zero-order valence-corrected chi connectivity index (χ0v) is 17.7. The first-order valence-corrected chi connectivity index (χ1v) is 10.1. The largest absolute Gasteiger partial charge is 0.488 e. The van der Waals surface area contributed by atoms with Crippen molar-refractivity contribution in [2.24, 2.45) is 7.05 Å². The molecule has 10 heteroatoms. The third-order valence-electron chi connectivity index (χ3n) is 5.58. The summed E-state index contributed by atoms with van der Waals surface area (Å²) in [5, 5.41) is 12.2. The van der Waals surface area contributed by atoms with Crippen LogP contribution >= 0.6 is 0 Å². The molecule has 4 aromatic rings. The number of pyridine rings is 1. The number of hydrogen-bond acceptors (Lipinski definition) is 8. The number of methoxy groups -OCH3 is 1. The van der Waals surface area contributed by atoms with Crippen LogP contribution in [0, 0.1) is 0 Å². The van der Waals surface area contributed by atoms with Gasteiger partial charge < -0.3 is 14.8 Å². The van der Waals surface area contributed by atoms with E-state index in [1.165, 1.54) is 13.5 Å². The van der Waals surface area contributed by atoms with Gasteiger partial charge in [-0.15, -0.1) is 0 Å². The minimum atomic E-state index is 0.299. The number of anilines is 2. The maximum atomic E-state index is 6.12. The molecule has 1 aliphatic heterocycles. The van der Waals surface area contributed by atoms with Crippen LogP contribution in [0.2, 0.25) is 0 Å². The summed E-state index contributed by atoms with van der Waals surface area (Å²) in [7, 11) is 5.58. The Balaban J connectivity index is 1.39. The van der Waals surface area contributed by atoms with Crippen LogP contribution in [0.3, 0.4) is 0 Å². The van der Waals surface area contributed by atoms with E-state index in [9.17, 15) is 0 Å². The van der Waals surface area contributed by atoms with Crippen LogP contribution in [-0.2, 0) is 7.05 Å². The lowest BCUT2D eigenvalue weighted by Gasteiger charge is -2.37. The van der Waals surface area contributed by atoms with Crippen LogP contribution in [0.15, 0.2) is 42.9 Å². The van der Waals surface area contributed by atoms with Crippen LogP contribution in [0.5, 0.6) is 11.8 Å². The summed E-state index contributed by atoms with van der Waals surface area (Å²) < 4.78 is 14.8. The molecule has 1 fully saturated rings. The van der Waals surface area contributed by atoms with Crippen molar-refractivity contribution in [3.63, 3.8) is 0 Å². The summed E-state index contributed by atoms with van der Waals surface area (Å²) in [6.45, 7) is 1.80. The van der Waals surface area contributed by atoms with Gasteiger partial charge in [0, 0.05) is 37.1 Å². The molecule has 5 heterocycles. The minimum Gasteiger partial charge on any atom is -0.488 e. The first-order valence-electron chi connectivity index (χ1n) is 10.1. The molecule has 31 heavy (non-hydrogen) atoms. The molecule has 4 aromatic heterocycles. The van der Waals surface area contributed by atoms with Crippen LogP contribution in [0.25, 0.3) is 16.8 Å². The van der Waals surface area contributed by atoms with Gasteiger partial charge in [-0.1, -0.05) is 0 Å². The summed E-state index contributed by atoms with van der Waals surface area (Å²) >= 11 is 0. The lowest BCUT2D eigenvalue weighted by molar-refractivity contribution is 0.0771. The topological polar surface area (TPSA) is 94.6 Å². The molecular formula is C21H24N8O2. The molecule has 5 rings (SSSR count). The second-order valence-electron chi connectivity index (χ2n) is 7.58. The van der Waals surface area contributed by atoms with Crippen molar-refractivity contribution in [2.75, 3.05) is 32.6 Å². The number of aryl methyl sites for hydroxylation is 1. The van der Waals surface area contributed by atoms with E-state index in [2.05, 4.69) is 43.5 Å². The molecule has 0 radical (unpaired) electrons. The molecular weight excluding hydrogens is 396 g/mol. The number of rotatable bonds is 7. The third kappa shape index (κ3) is 3.77. The van der Waals surface area contributed by atoms with E-state index in [1.54, 1.807) is 18.5 Å². The molecule has 0 saturated carbocycles. The minimum absolute atomic E-state index is 0.299. The van der Waals surface area contributed by atoms with E-state index < -0.39 is 0 Å². The highest BCUT2D eigenvalue weighted by Crippen LogP contribution is 2.31. The first kappa shape index (κ1) is 19.3. The van der Waals surface area contributed by atoms with Crippen molar-refractivity contribution in [1.29, 1.82) is 0 Å². The van der Waals surface area contributed by atoms with E-state index in [4.69, 9.17) is 9.47 Å². The second kappa shape index (κ2) is 7.88. The zero-order valence-electron chi connectivity index (χ0n) is 17.7. The number of aromatic nitrogens is 6. The van der Waals surface area contributed by atoms with Crippen LogP contribution in [0.4, 0.5) is 11.6 Å². The summed E-state index contributed by atoms with van der Waals surface area (Å²) in [6, 6.07) is 8.57. The maximum Gasteiger partial charge on any atom is 0.318 e. The molecule has 0 unspecified atom stereocenters. The Hall–Kier alpha value is -3.66. The smallest absolute Gasteiger partial charge is 0.318 e. The van der Waals surface area contributed by atoms with Crippen LogP contribution in [-0.4, -0.2) is 67.6 Å². The fraction of sp³-hybridized carbons (Fsp3) is 0.333. The lowest BCUT2D eigenvalue weighted by atomic mass is 10.1. The van der Waals surface area contributed by atoms with Gasteiger partial charge in [0.05, 0.1) is 18.8 Å². The zero-order chi connectivity index (χ0) is 21.4. The predicted octanol–water partition coefficient (Wildman–Crippen LogP) is 2.36. The summed E-state index contributed by atoms with van der Waals surface area (Å²) in [6.07, 6.45) is 6.51. The highest BCUT2D eigenvalue weighted by molar-refractivity contribution is 5.72. The molecule has 1 N–H and O–H groups in total. The van der Waals surface area contributed by atoms with E-state index in [0.29, 0.717) is 30.3 Å². The van der Waals surface area contributed by atoms with Gasteiger partial charge in [-0.25, -0.2) is 9.50 Å². The SMILES string of the molecule is COc1nccc(Nc2cc3cc(-c4c(OC[C@H]5CCN5C)cnn4C)ccn3n2)n1. The second-order valence-corrected chi connectivity index (χ2v) is 7.58. The van der Waals surface area contributed by atoms with E-state index in [1.807, 2.05) is 34.6 Å². The van der Waals surface area contributed by atoms with Crippen LogP contribution < -0.4 is 14.8 Å². The van der Waals surface area contributed by atoms with E-state index >= 15 is 0 Å². The number of nitrogens with one attached hydrogen (secondary N) is 1. The van der Waals surface area contributed by atoms with Gasteiger partial charge in [-0.05, 0) is 38.2 Å². The number of ether oxygens (including phenoxy) is 2. The first-order chi connectivity index (χ1) is 15.1. The molecule has 1 atom stereocenters. The van der Waals surface area contributed by atoms with E-state index in [-0.39, 0.29) is 0 Å². The van der Waals surface area contributed by atoms with Gasteiger partial charge in [-0.2, -0.15) is 15.2 Å². The molecule has 0 spiro atoms. The van der Waals surface area contributed by atoms with Crippen molar-refractivity contribution in [3.05, 3.63) is 42.9 Å². The van der Waals surface area contributed by atoms with Gasteiger partial charge >= 0.3 is 6.01 Å². The molecule has 10 nitrogen and oxygen atoms in total. The molecule has 1 aliphatic rings. The van der Waals surface area contributed by atoms with Crippen molar-refractivity contribution in [1.82, 2.24) is 34.3 Å². The van der Waals surface area contributed by atoms with Gasteiger partial charge in [0.2, 0.25) is 0 Å². The molecule has 0 aromatic carbocycles. The van der Waals surface area contributed by atoms with Gasteiger partial charge in [0.1, 0.15) is 18.1 Å². The third-order valence-corrected chi connectivity index (χ3v) is 5.58. The Morgan fingerprint density at radius 2 is 2.10 bits per heavy atom. The van der Waals surface area contributed by atoms with Crippen molar-refractivity contribution in [3.8, 4) is 23.0 Å².